The van der Waals surface area contributed by atoms with Crippen LogP contribution < -0.4 is 5.73 Å². The van der Waals surface area contributed by atoms with Crippen molar-refractivity contribution in [3.05, 3.63) is 46.6 Å². The zero-order chi connectivity index (χ0) is 22.4. The van der Waals surface area contributed by atoms with Crippen molar-refractivity contribution in [2.24, 2.45) is 10.7 Å². The van der Waals surface area contributed by atoms with Gasteiger partial charge in [0.15, 0.2) is 0 Å². The van der Waals surface area contributed by atoms with Gasteiger partial charge in [0, 0.05) is 18.1 Å². The summed E-state index contributed by atoms with van der Waals surface area (Å²) >= 11 is 1.11. The van der Waals surface area contributed by atoms with Crippen molar-refractivity contribution < 1.29 is 26.0 Å². The fourth-order valence-corrected chi connectivity index (χ4v) is 4.19. The number of rotatable bonds is 5. The predicted octanol–water partition coefficient (Wildman–Crippen LogP) is 4.46. The average molecular weight is 449 g/mol. The number of hydrogen-bond acceptors (Lipinski definition) is 5. The summed E-state index contributed by atoms with van der Waals surface area (Å²) in [6.45, 7) is 1.71. The summed E-state index contributed by atoms with van der Waals surface area (Å²) in [6.07, 6.45) is -2.93. The highest BCUT2D eigenvalue weighted by Gasteiger charge is 2.23. The molecule has 2 N–H and O–H groups in total. The molecule has 1 heterocycles. The molecule has 1 aromatic carbocycles. The van der Waals surface area contributed by atoms with E-state index in [-0.39, 0.29) is 23.4 Å². The summed E-state index contributed by atoms with van der Waals surface area (Å²) in [5, 5.41) is 8.96. The second kappa shape index (κ2) is 9.84. The quantitative estimate of drug-likeness (QED) is 0.414. The number of thiophene rings is 1. The summed E-state index contributed by atoms with van der Waals surface area (Å²) in [7, 11) is -3.37. The molecule has 5 nitrogen and oxygen atoms in total. The molecule has 0 aliphatic carbocycles. The van der Waals surface area contributed by atoms with Crippen molar-refractivity contribution in [3.8, 4) is 16.5 Å². The summed E-state index contributed by atoms with van der Waals surface area (Å²) < 4.78 is 68.7. The third-order valence-corrected chi connectivity index (χ3v) is 5.29. The van der Waals surface area contributed by atoms with Crippen LogP contribution in [0, 0.1) is 17.1 Å². The first-order chi connectivity index (χ1) is 13.2. The molecule has 158 valence electrons. The van der Waals surface area contributed by atoms with Crippen LogP contribution in [0.1, 0.15) is 30.3 Å². The van der Waals surface area contributed by atoms with Gasteiger partial charge in [-0.25, -0.2) is 12.8 Å². The lowest BCUT2D eigenvalue weighted by Gasteiger charge is -2.10. The highest BCUT2D eigenvalue weighted by molar-refractivity contribution is 7.90. The minimum Gasteiger partial charge on any atom is -0.388 e. The van der Waals surface area contributed by atoms with Gasteiger partial charge in [0.05, 0.1) is 28.1 Å². The Morgan fingerprint density at radius 1 is 1.34 bits per heavy atom. The van der Waals surface area contributed by atoms with Crippen molar-refractivity contribution >= 4 is 27.0 Å². The van der Waals surface area contributed by atoms with Gasteiger partial charge in [-0.15, -0.1) is 11.3 Å². The molecule has 1 aromatic heterocycles. The van der Waals surface area contributed by atoms with Gasteiger partial charge in [-0.2, -0.15) is 18.4 Å². The van der Waals surface area contributed by atoms with Crippen LogP contribution in [0.2, 0.25) is 0 Å². The maximum Gasteiger partial charge on any atom is 0.386 e. The van der Waals surface area contributed by atoms with Crippen LogP contribution in [0.15, 0.2) is 35.3 Å². The molecule has 0 radical (unpaired) electrons. The predicted molar refractivity (Wildman–Crippen MR) is 106 cm³/mol. The molecule has 11 heteroatoms. The standard InChI is InChI=1S/C16H16FN3O2S2.C2H3F3/c1-10(19)20-14(9-24(2,21)22)16-13(17)7-15(23-16)12-5-3-4-11(6-12)8-18;1-2(3,4)5/h3-7,14H,9H2,1-2H3,(H2,19,20);1H3. The molecular weight excluding hydrogens is 430 g/mol. The van der Waals surface area contributed by atoms with Gasteiger partial charge in [-0.3, -0.25) is 4.99 Å². The Bertz CT molecular complexity index is 1010. The number of nitrogens with zero attached hydrogens (tertiary/aromatic N) is 2. The maximum absolute atomic E-state index is 14.4. The lowest BCUT2D eigenvalue weighted by atomic mass is 10.1. The molecule has 0 saturated heterocycles. The topological polar surface area (TPSA) is 96.3 Å². The van der Waals surface area contributed by atoms with Crippen LogP contribution in [0.5, 0.6) is 0 Å². The van der Waals surface area contributed by atoms with E-state index in [1.54, 1.807) is 24.3 Å². The summed E-state index contributed by atoms with van der Waals surface area (Å²) in [5.74, 6) is -0.670. The van der Waals surface area contributed by atoms with Crippen molar-refractivity contribution in [1.29, 1.82) is 5.26 Å². The number of sulfone groups is 1. The number of nitriles is 1. The Balaban J connectivity index is 0.000000749. The number of alkyl halides is 3. The van der Waals surface area contributed by atoms with E-state index in [1.165, 1.54) is 13.0 Å². The molecule has 0 fully saturated rings. The lowest BCUT2D eigenvalue weighted by molar-refractivity contribution is -0.110. The van der Waals surface area contributed by atoms with Crippen LogP contribution >= 0.6 is 11.3 Å². The Kier molecular flexibility index (Phi) is 8.35. The lowest BCUT2D eigenvalue weighted by Crippen LogP contribution is -2.16. The van der Waals surface area contributed by atoms with Crippen LogP contribution in [-0.2, 0) is 9.84 Å². The van der Waals surface area contributed by atoms with Crippen LogP contribution in [0.3, 0.4) is 0 Å². The first-order valence-corrected chi connectivity index (χ1v) is 10.9. The molecule has 2 rings (SSSR count). The molecule has 1 unspecified atom stereocenters. The van der Waals surface area contributed by atoms with Gasteiger partial charge in [-0.1, -0.05) is 12.1 Å². The van der Waals surface area contributed by atoms with E-state index >= 15 is 0 Å². The fourth-order valence-electron chi connectivity index (χ4n) is 2.20. The minimum absolute atomic E-state index is 0.185. The van der Waals surface area contributed by atoms with Crippen LogP contribution in [-0.4, -0.2) is 32.4 Å². The average Bonchev–Trinajstić information content (AvgIpc) is 2.93. The van der Waals surface area contributed by atoms with E-state index < -0.39 is 27.9 Å². The number of aliphatic imine (C=N–C) groups is 1. The highest BCUT2D eigenvalue weighted by atomic mass is 32.2. The summed E-state index contributed by atoms with van der Waals surface area (Å²) in [6, 6.07) is 9.25. The van der Waals surface area contributed by atoms with Crippen molar-refractivity contribution in [1.82, 2.24) is 0 Å². The fraction of sp³-hybridized carbons (Fsp3) is 0.333. The summed E-state index contributed by atoms with van der Waals surface area (Å²) in [5.41, 5.74) is 6.71. The minimum atomic E-state index is -4.00. The third kappa shape index (κ3) is 9.54. The molecular formula is C18H19F4N3O2S2. The maximum atomic E-state index is 14.4. The summed E-state index contributed by atoms with van der Waals surface area (Å²) in [4.78, 5) is 4.88. The van der Waals surface area contributed by atoms with Gasteiger partial charge in [0.1, 0.15) is 21.7 Å². The Hall–Kier alpha value is -2.45. The first kappa shape index (κ1) is 24.6. The van der Waals surface area contributed by atoms with E-state index in [9.17, 15) is 26.0 Å². The zero-order valence-electron chi connectivity index (χ0n) is 15.8. The van der Waals surface area contributed by atoms with E-state index in [0.29, 0.717) is 16.0 Å². The van der Waals surface area contributed by atoms with Crippen molar-refractivity contribution in [3.63, 3.8) is 0 Å². The first-order valence-electron chi connectivity index (χ1n) is 8.03. The number of halogens is 4. The smallest absolute Gasteiger partial charge is 0.386 e. The second-order valence-corrected chi connectivity index (χ2v) is 9.44. The van der Waals surface area contributed by atoms with E-state index in [2.05, 4.69) is 4.99 Å². The number of benzene rings is 1. The van der Waals surface area contributed by atoms with Crippen molar-refractivity contribution in [2.75, 3.05) is 12.0 Å². The molecule has 0 saturated carbocycles. The zero-order valence-corrected chi connectivity index (χ0v) is 17.4. The van der Waals surface area contributed by atoms with E-state index in [1.807, 2.05) is 6.07 Å². The Labute approximate surface area is 170 Å². The molecule has 0 aliphatic heterocycles. The SMILES string of the molecule is CC(F)(F)F.CC(N)=NC(CS(C)(=O)=O)c1sc(-c2cccc(C#N)c2)cc1F. The van der Waals surface area contributed by atoms with Crippen molar-refractivity contribution in [2.45, 2.75) is 26.1 Å². The van der Waals surface area contributed by atoms with Gasteiger partial charge >= 0.3 is 6.18 Å². The molecule has 2 aromatic rings. The Morgan fingerprint density at radius 2 is 1.93 bits per heavy atom. The highest BCUT2D eigenvalue weighted by Crippen LogP contribution is 2.36. The van der Waals surface area contributed by atoms with Crippen LogP contribution in [0.25, 0.3) is 10.4 Å². The monoisotopic (exact) mass is 449 g/mol. The molecule has 0 spiro atoms. The molecule has 1 atom stereocenters. The molecule has 0 amide bonds. The van der Waals surface area contributed by atoms with E-state index in [0.717, 1.165) is 17.6 Å². The van der Waals surface area contributed by atoms with Gasteiger partial charge in [0.2, 0.25) is 0 Å². The van der Waals surface area contributed by atoms with E-state index in [4.69, 9.17) is 11.0 Å². The number of hydrogen-bond donors (Lipinski definition) is 1. The number of amidine groups is 1. The largest absolute Gasteiger partial charge is 0.388 e. The van der Waals surface area contributed by atoms with Gasteiger partial charge < -0.3 is 5.73 Å². The van der Waals surface area contributed by atoms with Crippen LogP contribution in [0.4, 0.5) is 17.6 Å². The molecule has 0 bridgehead atoms. The van der Waals surface area contributed by atoms with Gasteiger partial charge in [-0.05, 0) is 30.7 Å². The third-order valence-electron chi connectivity index (χ3n) is 3.11. The normalized spacial score (nSPS) is 13.2. The van der Waals surface area contributed by atoms with Gasteiger partial charge in [0.25, 0.3) is 0 Å². The molecule has 0 aliphatic rings. The Morgan fingerprint density at radius 3 is 2.41 bits per heavy atom. The second-order valence-electron chi connectivity index (χ2n) is 6.18. The number of nitrogens with two attached hydrogens (primary N) is 1. The molecule has 29 heavy (non-hydrogen) atoms.